The lowest BCUT2D eigenvalue weighted by molar-refractivity contribution is -0.107. The van der Waals surface area contributed by atoms with Crippen molar-refractivity contribution in [2.45, 2.75) is 0 Å². The van der Waals surface area contributed by atoms with E-state index < -0.39 is 5.24 Å². The lowest BCUT2D eigenvalue weighted by atomic mass is 10.4. The first-order valence-corrected chi connectivity index (χ1v) is 5.29. The van der Waals surface area contributed by atoms with Crippen molar-refractivity contribution in [1.29, 1.82) is 0 Å². The van der Waals surface area contributed by atoms with E-state index >= 15 is 0 Å². The number of thiophene rings is 1. The zero-order valence-corrected chi connectivity index (χ0v) is 8.96. The van der Waals surface area contributed by atoms with E-state index in [4.69, 9.17) is 11.6 Å². The Morgan fingerprint density at radius 3 is 2.71 bits per heavy atom. The van der Waals surface area contributed by atoms with Crippen molar-refractivity contribution in [2.24, 2.45) is 0 Å². The molecule has 1 aromatic heterocycles. The molecule has 72 valence electrons. The van der Waals surface area contributed by atoms with Crippen molar-refractivity contribution in [3.8, 4) is 0 Å². The summed E-state index contributed by atoms with van der Waals surface area (Å²) >= 11 is 6.77. The van der Waals surface area contributed by atoms with Crippen molar-refractivity contribution in [2.75, 3.05) is 0 Å². The van der Waals surface area contributed by atoms with E-state index in [9.17, 15) is 4.79 Å². The standard InChI is InChI=1S/C11H9ClOS/c12-11(13)8-4-2-1-3-6-10-7-5-9-14-10/h1-9H. The zero-order valence-electron chi connectivity index (χ0n) is 7.39. The summed E-state index contributed by atoms with van der Waals surface area (Å²) in [5.41, 5.74) is 0. The summed E-state index contributed by atoms with van der Waals surface area (Å²) < 4.78 is 0. The molecular weight excluding hydrogens is 216 g/mol. The van der Waals surface area contributed by atoms with Crippen LogP contribution in [0.25, 0.3) is 6.08 Å². The van der Waals surface area contributed by atoms with Gasteiger partial charge < -0.3 is 0 Å². The van der Waals surface area contributed by atoms with Gasteiger partial charge >= 0.3 is 0 Å². The lowest BCUT2D eigenvalue weighted by Crippen LogP contribution is -1.71. The Kier molecular flexibility index (Phi) is 4.97. The van der Waals surface area contributed by atoms with Crippen LogP contribution in [0.5, 0.6) is 0 Å². The molecule has 0 radical (unpaired) electrons. The molecule has 0 unspecified atom stereocenters. The maximum atomic E-state index is 10.3. The lowest BCUT2D eigenvalue weighted by Gasteiger charge is -1.78. The van der Waals surface area contributed by atoms with Crippen LogP contribution in [0.4, 0.5) is 0 Å². The highest BCUT2D eigenvalue weighted by Gasteiger charge is 1.82. The van der Waals surface area contributed by atoms with Gasteiger partial charge in [0.05, 0.1) is 0 Å². The second kappa shape index (κ2) is 6.35. The maximum absolute atomic E-state index is 10.3. The average molecular weight is 225 g/mol. The van der Waals surface area contributed by atoms with Gasteiger partial charge in [0.2, 0.25) is 5.24 Å². The van der Waals surface area contributed by atoms with Crippen LogP contribution in [0.1, 0.15) is 4.88 Å². The first-order valence-electron chi connectivity index (χ1n) is 4.03. The van der Waals surface area contributed by atoms with Crippen LogP contribution in [0.2, 0.25) is 0 Å². The van der Waals surface area contributed by atoms with Gasteiger partial charge in [0.15, 0.2) is 0 Å². The molecule has 1 rings (SSSR count). The Morgan fingerprint density at radius 1 is 1.29 bits per heavy atom. The highest BCUT2D eigenvalue weighted by atomic mass is 35.5. The molecule has 0 spiro atoms. The predicted octanol–water partition coefficient (Wildman–Crippen LogP) is 3.64. The van der Waals surface area contributed by atoms with E-state index in [-0.39, 0.29) is 0 Å². The van der Waals surface area contributed by atoms with E-state index in [1.165, 1.54) is 11.0 Å². The van der Waals surface area contributed by atoms with Gasteiger partial charge in [0.25, 0.3) is 0 Å². The molecule has 1 aromatic rings. The minimum absolute atomic E-state index is 0.461. The van der Waals surface area contributed by atoms with Gasteiger partial charge in [-0.3, -0.25) is 4.79 Å². The Morgan fingerprint density at radius 2 is 2.07 bits per heavy atom. The Bertz CT molecular complexity index is 361. The van der Waals surface area contributed by atoms with Crippen molar-refractivity contribution < 1.29 is 4.79 Å². The maximum Gasteiger partial charge on any atom is 0.245 e. The van der Waals surface area contributed by atoms with Crippen molar-refractivity contribution >= 4 is 34.3 Å². The molecule has 3 heteroatoms. The molecule has 0 aromatic carbocycles. The molecule has 0 saturated carbocycles. The Hall–Kier alpha value is -1.12. The molecule has 0 aliphatic rings. The summed E-state index contributed by atoms with van der Waals surface area (Å²) in [5.74, 6) is 0. The van der Waals surface area contributed by atoms with Crippen LogP contribution in [0.3, 0.4) is 0 Å². The number of halogens is 1. The summed E-state index contributed by atoms with van der Waals surface area (Å²) in [7, 11) is 0. The Balaban J connectivity index is 2.37. The molecule has 0 saturated heterocycles. The zero-order chi connectivity index (χ0) is 10.2. The van der Waals surface area contributed by atoms with Gasteiger partial charge in [-0.15, -0.1) is 11.3 Å². The van der Waals surface area contributed by atoms with Gasteiger partial charge in [0, 0.05) is 4.88 Å². The van der Waals surface area contributed by atoms with E-state index in [0.29, 0.717) is 0 Å². The molecule has 0 amide bonds. The predicted molar refractivity (Wildman–Crippen MR) is 62.5 cm³/mol. The number of hydrogen-bond donors (Lipinski definition) is 0. The van der Waals surface area contributed by atoms with E-state index in [1.54, 1.807) is 23.5 Å². The summed E-state index contributed by atoms with van der Waals surface area (Å²) in [5, 5.41) is 1.56. The van der Waals surface area contributed by atoms with Crippen LogP contribution in [-0.2, 0) is 4.79 Å². The largest absolute Gasteiger partial charge is 0.276 e. The average Bonchev–Trinajstić information content (AvgIpc) is 2.63. The number of allylic oxidation sites excluding steroid dienone is 5. The SMILES string of the molecule is O=C(Cl)C=CC=CC=Cc1cccs1. The fraction of sp³-hybridized carbons (Fsp3) is 0. The first-order chi connectivity index (χ1) is 6.79. The third-order valence-corrected chi connectivity index (χ3v) is 2.33. The van der Waals surface area contributed by atoms with Crippen LogP contribution in [-0.4, -0.2) is 5.24 Å². The Labute approximate surface area is 92.0 Å². The smallest absolute Gasteiger partial charge is 0.245 e. The fourth-order valence-corrected chi connectivity index (χ4v) is 1.50. The second-order valence-corrected chi connectivity index (χ2v) is 3.77. The molecular formula is C11H9ClOS. The summed E-state index contributed by atoms with van der Waals surface area (Å²) in [6.07, 6.45) is 10.4. The minimum Gasteiger partial charge on any atom is -0.276 e. The van der Waals surface area contributed by atoms with E-state index in [2.05, 4.69) is 0 Å². The van der Waals surface area contributed by atoms with Crippen LogP contribution in [0, 0.1) is 0 Å². The van der Waals surface area contributed by atoms with Gasteiger partial charge in [-0.1, -0.05) is 30.4 Å². The van der Waals surface area contributed by atoms with E-state index in [1.807, 2.05) is 35.7 Å². The molecule has 1 nitrogen and oxygen atoms in total. The summed E-state index contributed by atoms with van der Waals surface area (Å²) in [6.45, 7) is 0. The molecule has 0 aliphatic carbocycles. The first kappa shape index (κ1) is 11.0. The third-order valence-electron chi connectivity index (χ3n) is 1.36. The monoisotopic (exact) mass is 224 g/mol. The number of carbonyl (C=O) groups excluding carboxylic acids is 1. The van der Waals surface area contributed by atoms with Gasteiger partial charge in [-0.05, 0) is 35.2 Å². The van der Waals surface area contributed by atoms with Crippen LogP contribution in [0.15, 0.2) is 47.9 Å². The molecule has 1 heterocycles. The number of carbonyl (C=O) groups is 1. The van der Waals surface area contributed by atoms with E-state index in [0.717, 1.165) is 0 Å². The normalized spacial score (nSPS) is 12.1. The van der Waals surface area contributed by atoms with Crippen LogP contribution < -0.4 is 0 Å². The van der Waals surface area contributed by atoms with Crippen molar-refractivity contribution in [3.63, 3.8) is 0 Å². The highest BCUT2D eigenvalue weighted by molar-refractivity contribution is 7.10. The number of rotatable bonds is 4. The molecule has 0 bridgehead atoms. The highest BCUT2D eigenvalue weighted by Crippen LogP contribution is 2.09. The fourth-order valence-electron chi connectivity index (χ4n) is 0.796. The molecule has 0 atom stereocenters. The van der Waals surface area contributed by atoms with Gasteiger partial charge in [0.1, 0.15) is 0 Å². The summed E-state index contributed by atoms with van der Waals surface area (Å²) in [6, 6.07) is 4.03. The molecule has 0 aliphatic heterocycles. The van der Waals surface area contributed by atoms with Gasteiger partial charge in [-0.25, -0.2) is 0 Å². The van der Waals surface area contributed by atoms with Gasteiger partial charge in [-0.2, -0.15) is 0 Å². The van der Waals surface area contributed by atoms with Crippen molar-refractivity contribution in [1.82, 2.24) is 0 Å². The molecule has 14 heavy (non-hydrogen) atoms. The van der Waals surface area contributed by atoms with Crippen molar-refractivity contribution in [3.05, 3.63) is 52.8 Å². The third kappa shape index (κ3) is 4.80. The summed E-state index contributed by atoms with van der Waals surface area (Å²) in [4.78, 5) is 11.5. The second-order valence-electron chi connectivity index (χ2n) is 2.42. The quantitative estimate of drug-likeness (QED) is 0.434. The molecule has 0 N–H and O–H groups in total. The van der Waals surface area contributed by atoms with Crippen LogP contribution >= 0.6 is 22.9 Å². The minimum atomic E-state index is -0.461. The molecule has 0 fully saturated rings. The topological polar surface area (TPSA) is 17.1 Å². The number of hydrogen-bond acceptors (Lipinski definition) is 2.